The van der Waals surface area contributed by atoms with Gasteiger partial charge in [-0.15, -0.1) is 10.2 Å². The van der Waals surface area contributed by atoms with Crippen LogP contribution in [-0.4, -0.2) is 30.0 Å². The van der Waals surface area contributed by atoms with Crippen molar-refractivity contribution < 1.29 is 0 Å². The van der Waals surface area contributed by atoms with Crippen LogP contribution in [0.5, 0.6) is 0 Å². The lowest BCUT2D eigenvalue weighted by Gasteiger charge is -2.56. The third-order valence-electron chi connectivity index (χ3n) is 13.1. The Morgan fingerprint density at radius 3 is 1.10 bits per heavy atom. The van der Waals surface area contributed by atoms with Crippen LogP contribution < -0.4 is 0 Å². The number of benzene rings is 2. The van der Waals surface area contributed by atoms with Crippen LogP contribution in [0.4, 0.5) is 0 Å². The molecule has 0 atom stereocenters. The van der Waals surface area contributed by atoms with Crippen LogP contribution >= 0.6 is 0 Å². The predicted octanol–water partition coefficient (Wildman–Crippen LogP) is 6.18. The average Bonchev–Trinajstić information content (AvgIpc) is 3.61. The van der Waals surface area contributed by atoms with Crippen LogP contribution in [0.1, 0.15) is 77.0 Å². The topological polar surface area (TPSA) is 61.4 Å². The van der Waals surface area contributed by atoms with Crippen LogP contribution in [0.15, 0.2) is 48.5 Å². The molecule has 2 aromatic carbocycles. The smallest absolute Gasteiger partial charge is 0.121 e. The second-order valence-corrected chi connectivity index (χ2v) is 15.8. The van der Waals surface area contributed by atoms with Crippen molar-refractivity contribution in [2.75, 3.05) is 0 Å². The number of hydrogen-bond donors (Lipinski definition) is 0. The van der Waals surface area contributed by atoms with Crippen molar-refractivity contribution in [2.45, 2.75) is 88.1 Å². The van der Waals surface area contributed by atoms with Gasteiger partial charge in [0.1, 0.15) is 10.7 Å². The molecule has 0 amide bonds. The number of aromatic nitrogens is 6. The minimum Gasteiger partial charge on any atom is -0.238 e. The Hall–Kier alpha value is -3.28. The summed E-state index contributed by atoms with van der Waals surface area (Å²) in [4.78, 5) is 0. The molecule has 2 heterocycles. The van der Waals surface area contributed by atoms with Gasteiger partial charge in [0.15, 0.2) is 0 Å². The Balaban J connectivity index is 1.31. The Morgan fingerprint density at radius 1 is 0.452 bits per heavy atom. The lowest BCUT2D eigenvalue weighted by atomic mass is 9.53. The van der Waals surface area contributed by atoms with Gasteiger partial charge in [0, 0.05) is 20.9 Å². The van der Waals surface area contributed by atoms with Crippen molar-refractivity contribution in [3.05, 3.63) is 90.8 Å². The Kier molecular flexibility index (Phi) is 4.31. The highest BCUT2D eigenvalue weighted by atomic mass is 15.5. The zero-order valence-electron chi connectivity index (χ0n) is 24.3. The van der Waals surface area contributed by atoms with Crippen molar-refractivity contribution in [2.24, 2.45) is 35.5 Å². The van der Waals surface area contributed by atoms with E-state index in [9.17, 15) is 0 Å². The van der Waals surface area contributed by atoms with Crippen LogP contribution in [-0.2, 0) is 11.1 Å². The van der Waals surface area contributed by atoms with Gasteiger partial charge in [-0.1, -0.05) is 59.0 Å². The van der Waals surface area contributed by atoms with Crippen molar-refractivity contribution in [3.8, 4) is 0 Å². The Labute approximate surface area is 244 Å². The second-order valence-electron chi connectivity index (χ2n) is 15.8. The van der Waals surface area contributed by atoms with Gasteiger partial charge in [-0.3, -0.25) is 0 Å². The van der Waals surface area contributed by atoms with Gasteiger partial charge in [0.25, 0.3) is 0 Å². The highest BCUT2D eigenvalue weighted by molar-refractivity contribution is 5.24. The SMILES string of the molecule is c1ccc2/c(c1)=c1/nnn(C34CC5CC(CC(C5)C3)C4)/c1=c1\cccc\c1=c1/nnn(C34CC5CC(CC(C5)C3)C4)/c1=2. The van der Waals surface area contributed by atoms with E-state index in [2.05, 4.69) is 57.9 Å². The fourth-order valence-electron chi connectivity index (χ4n) is 12.5. The van der Waals surface area contributed by atoms with Gasteiger partial charge in [-0.25, -0.2) is 9.36 Å². The predicted molar refractivity (Wildman–Crippen MR) is 156 cm³/mol. The number of fused-ring (bicyclic) bond motifs is 4. The van der Waals surface area contributed by atoms with Crippen LogP contribution in [0.3, 0.4) is 0 Å². The molecule has 8 fully saturated rings. The van der Waals surface area contributed by atoms with E-state index in [0.29, 0.717) is 0 Å². The summed E-state index contributed by atoms with van der Waals surface area (Å²) in [5, 5.41) is 29.7. The molecule has 4 aromatic rings. The minimum atomic E-state index is 0.0935. The van der Waals surface area contributed by atoms with E-state index in [4.69, 9.17) is 20.6 Å². The first kappa shape index (κ1) is 23.2. The van der Waals surface area contributed by atoms with E-state index in [1.165, 1.54) is 109 Å². The summed E-state index contributed by atoms with van der Waals surface area (Å²) in [6.07, 6.45) is 16.1. The first-order chi connectivity index (χ1) is 20.6. The van der Waals surface area contributed by atoms with E-state index in [-0.39, 0.29) is 11.1 Å². The van der Waals surface area contributed by atoms with Crippen molar-refractivity contribution in [3.63, 3.8) is 0 Å². The third-order valence-corrected chi connectivity index (χ3v) is 13.1. The maximum atomic E-state index is 5.12. The monoisotopic (exact) mass is 554 g/mol. The van der Waals surface area contributed by atoms with E-state index < -0.39 is 0 Å². The fourth-order valence-corrected chi connectivity index (χ4v) is 12.5. The first-order valence-electron chi connectivity index (χ1n) is 16.8. The van der Waals surface area contributed by atoms with E-state index in [1.54, 1.807) is 0 Å². The summed E-state index contributed by atoms with van der Waals surface area (Å²) >= 11 is 0. The summed E-state index contributed by atoms with van der Waals surface area (Å²) in [6, 6.07) is 17.9. The van der Waals surface area contributed by atoms with Gasteiger partial charge in [0.2, 0.25) is 0 Å². The zero-order chi connectivity index (χ0) is 27.2. The van der Waals surface area contributed by atoms with E-state index in [1.807, 2.05) is 0 Å². The highest BCUT2D eigenvalue weighted by Crippen LogP contribution is 2.60. The van der Waals surface area contributed by atoms with Crippen LogP contribution in [0.25, 0.3) is 0 Å². The molecule has 9 aliphatic rings. The summed E-state index contributed by atoms with van der Waals surface area (Å²) in [5.74, 6) is 5.08. The largest absolute Gasteiger partial charge is 0.238 e. The molecule has 2 aromatic heterocycles. The quantitative estimate of drug-likeness (QED) is 0.261. The molecule has 0 unspecified atom stereocenters. The standard InChI is InChI=1S/C36H38N6/c1-3-7-29-27(5-1)31-34(42(39-37-31)36-18-24-12-25(19-36)14-26(13-24)20-36)30-8-4-2-6-28(30)32-33(29)41(40-38-32)35-15-21-9-22(16-35)11-23(10-21)17-35/h1-8,21-26H,9-20H2/b31-27+,32-28+,33-29+,34-30+. The number of nitrogens with zero attached hydrogens (tertiary/aromatic N) is 6. The second kappa shape index (κ2) is 7.81. The fraction of sp³-hybridized carbons (Fsp3) is 0.556. The summed E-state index contributed by atoms with van der Waals surface area (Å²) < 4.78 is 4.86. The maximum absolute atomic E-state index is 5.12. The van der Waals surface area contributed by atoms with E-state index >= 15 is 0 Å². The molecule has 8 bridgehead atoms. The molecule has 0 spiro atoms. The summed E-state index contributed by atoms with van der Waals surface area (Å²) in [5.41, 5.74) is 0.187. The molecule has 13 rings (SSSR count). The number of rotatable bonds is 2. The molecule has 0 aliphatic heterocycles. The average molecular weight is 555 g/mol. The normalized spacial score (nSPS) is 41.4. The highest BCUT2D eigenvalue weighted by Gasteiger charge is 2.54. The molecule has 0 N–H and O–H groups in total. The van der Waals surface area contributed by atoms with Crippen LogP contribution in [0.2, 0.25) is 0 Å². The molecule has 0 saturated heterocycles. The van der Waals surface area contributed by atoms with Crippen LogP contribution in [0, 0.1) is 77.8 Å². The van der Waals surface area contributed by atoms with Crippen molar-refractivity contribution in [1.82, 2.24) is 30.0 Å². The van der Waals surface area contributed by atoms with Crippen molar-refractivity contribution >= 4 is 0 Å². The Bertz CT molecular complexity index is 1970. The van der Waals surface area contributed by atoms with Gasteiger partial charge in [0.05, 0.1) is 21.8 Å². The Morgan fingerprint density at radius 2 is 0.762 bits per heavy atom. The molecule has 6 heteroatoms. The van der Waals surface area contributed by atoms with Gasteiger partial charge in [-0.05, 0) is 113 Å². The summed E-state index contributed by atoms with van der Waals surface area (Å²) in [6.45, 7) is 0. The first-order valence-corrected chi connectivity index (χ1v) is 16.8. The lowest BCUT2D eigenvalue weighted by Crippen LogP contribution is -2.52. The van der Waals surface area contributed by atoms with Gasteiger partial charge in [-0.2, -0.15) is 0 Å². The molecule has 0 radical (unpaired) electrons. The van der Waals surface area contributed by atoms with Gasteiger partial charge >= 0.3 is 0 Å². The van der Waals surface area contributed by atoms with Crippen molar-refractivity contribution in [1.29, 1.82) is 0 Å². The molecule has 6 nitrogen and oxygen atoms in total. The molecule has 212 valence electrons. The molecular formula is C36H38N6. The molecule has 9 aliphatic carbocycles. The zero-order valence-corrected chi connectivity index (χ0v) is 24.3. The molecule has 42 heavy (non-hydrogen) atoms. The van der Waals surface area contributed by atoms with Gasteiger partial charge < -0.3 is 0 Å². The summed E-state index contributed by atoms with van der Waals surface area (Å²) in [7, 11) is 0. The molecular weight excluding hydrogens is 516 g/mol. The third kappa shape index (κ3) is 2.92. The number of hydrogen-bond acceptors (Lipinski definition) is 4. The molecule has 8 saturated carbocycles. The van der Waals surface area contributed by atoms with E-state index in [0.717, 1.165) is 46.2 Å². The lowest BCUT2D eigenvalue weighted by molar-refractivity contribution is -0.0515. The maximum Gasteiger partial charge on any atom is 0.121 e. The minimum absolute atomic E-state index is 0.0935.